The molecule has 3 aromatic rings. The van der Waals surface area contributed by atoms with E-state index in [1.165, 1.54) is 0 Å². The van der Waals surface area contributed by atoms with Crippen molar-refractivity contribution in [2.75, 3.05) is 19.5 Å². The van der Waals surface area contributed by atoms with E-state index in [0.717, 1.165) is 28.4 Å². The average molecular weight is 377 g/mol. The first-order valence-corrected chi connectivity index (χ1v) is 9.29. The molecule has 4 rings (SSSR count). The second-order valence-electron chi connectivity index (χ2n) is 7.08. The predicted octanol–water partition coefficient (Wildman–Crippen LogP) is 3.24. The molecule has 0 fully saturated rings. The van der Waals surface area contributed by atoms with Gasteiger partial charge in [-0.1, -0.05) is 12.1 Å². The number of hydrogen-bond donors (Lipinski definition) is 1. The number of Topliss-reactive ketones (excluding diaryl/α,β-unsaturated/α-hetero) is 1. The van der Waals surface area contributed by atoms with Gasteiger partial charge in [-0.3, -0.25) is 4.79 Å². The number of carbonyl (C=O) groups is 1. The Morgan fingerprint density at radius 1 is 1.11 bits per heavy atom. The third kappa shape index (κ3) is 3.13. The van der Waals surface area contributed by atoms with Gasteiger partial charge in [0.25, 0.3) is 5.95 Å². The average Bonchev–Trinajstić information content (AvgIpc) is 3.06. The molecular formula is C21H23N5O2. The highest BCUT2D eigenvalue weighted by atomic mass is 16.5. The summed E-state index contributed by atoms with van der Waals surface area (Å²) in [5.41, 5.74) is 4.35. The lowest BCUT2D eigenvalue weighted by Gasteiger charge is -2.23. The Hall–Kier alpha value is -3.22. The summed E-state index contributed by atoms with van der Waals surface area (Å²) in [5.74, 6) is 2.05. The molecular weight excluding hydrogens is 354 g/mol. The smallest absolute Gasteiger partial charge is 0.251 e. The van der Waals surface area contributed by atoms with E-state index in [0.29, 0.717) is 30.2 Å². The number of aryl methyl sites for hydroxylation is 2. The van der Waals surface area contributed by atoms with E-state index < -0.39 is 0 Å². The van der Waals surface area contributed by atoms with E-state index in [1.54, 1.807) is 18.8 Å². The van der Waals surface area contributed by atoms with Crippen molar-refractivity contribution in [3.8, 4) is 11.7 Å². The van der Waals surface area contributed by atoms with Crippen LogP contribution in [-0.2, 0) is 6.42 Å². The number of hydrogen-bond acceptors (Lipinski definition) is 6. The number of carbonyl (C=O) groups excluding carboxylic acids is 1. The number of ether oxygens (including phenoxy) is 1. The Labute approximate surface area is 163 Å². The van der Waals surface area contributed by atoms with Gasteiger partial charge in [0.1, 0.15) is 5.75 Å². The fourth-order valence-corrected chi connectivity index (χ4v) is 3.82. The fourth-order valence-electron chi connectivity index (χ4n) is 3.82. The summed E-state index contributed by atoms with van der Waals surface area (Å²) >= 11 is 0. The molecule has 1 aliphatic rings. The number of anilines is 1. The third-order valence-corrected chi connectivity index (χ3v) is 5.12. The van der Waals surface area contributed by atoms with Crippen LogP contribution in [0.25, 0.3) is 5.95 Å². The SMILES string of the molecule is CNc1nn(-c2nc(C)cc(C)n2)c2c1C(=O)C[C@H](c1ccc(OC)cc1)C2. The summed E-state index contributed by atoms with van der Waals surface area (Å²) in [6.07, 6.45) is 1.14. The summed E-state index contributed by atoms with van der Waals surface area (Å²) in [5, 5.41) is 7.66. The maximum atomic E-state index is 13.0. The zero-order valence-electron chi connectivity index (χ0n) is 16.5. The predicted molar refractivity (Wildman–Crippen MR) is 107 cm³/mol. The van der Waals surface area contributed by atoms with Crippen molar-refractivity contribution < 1.29 is 9.53 Å². The molecule has 2 aromatic heterocycles. The van der Waals surface area contributed by atoms with Crippen molar-refractivity contribution in [1.82, 2.24) is 19.7 Å². The molecule has 0 spiro atoms. The fraction of sp³-hybridized carbons (Fsp3) is 0.333. The lowest BCUT2D eigenvalue weighted by atomic mass is 9.82. The molecule has 2 heterocycles. The molecule has 1 N–H and O–H groups in total. The van der Waals surface area contributed by atoms with Crippen molar-refractivity contribution in [3.63, 3.8) is 0 Å². The van der Waals surface area contributed by atoms with Gasteiger partial charge in [0.15, 0.2) is 11.6 Å². The van der Waals surface area contributed by atoms with Crippen molar-refractivity contribution in [1.29, 1.82) is 0 Å². The molecule has 1 aliphatic carbocycles. The van der Waals surface area contributed by atoms with Gasteiger partial charge in [0, 0.05) is 24.9 Å². The van der Waals surface area contributed by atoms with E-state index in [1.807, 2.05) is 44.2 Å². The number of aromatic nitrogens is 4. The standard InChI is InChI=1S/C21H23N5O2/c1-12-9-13(2)24-21(23-12)26-17-10-15(14-5-7-16(28-4)8-6-14)11-18(27)19(17)20(22-3)25-26/h5-9,15H,10-11H2,1-4H3,(H,22,25)/t15-/m1/s1. The van der Waals surface area contributed by atoms with Gasteiger partial charge in [-0.2, -0.15) is 0 Å². The van der Waals surface area contributed by atoms with Gasteiger partial charge in [0.05, 0.1) is 18.4 Å². The molecule has 0 bridgehead atoms. The van der Waals surface area contributed by atoms with Crippen LogP contribution in [0.4, 0.5) is 5.82 Å². The summed E-state index contributed by atoms with van der Waals surface area (Å²) in [6.45, 7) is 3.86. The lowest BCUT2D eigenvalue weighted by molar-refractivity contribution is 0.0964. The quantitative estimate of drug-likeness (QED) is 0.752. The lowest BCUT2D eigenvalue weighted by Crippen LogP contribution is -2.21. The summed E-state index contributed by atoms with van der Waals surface area (Å²) in [4.78, 5) is 22.1. The Bertz CT molecular complexity index is 1020. The molecule has 1 aromatic carbocycles. The van der Waals surface area contributed by atoms with Crippen LogP contribution in [0.15, 0.2) is 30.3 Å². The molecule has 0 unspecified atom stereocenters. The summed E-state index contributed by atoms with van der Waals surface area (Å²) in [7, 11) is 3.42. The monoisotopic (exact) mass is 377 g/mol. The van der Waals surface area contributed by atoms with Gasteiger partial charge in [-0.25, -0.2) is 14.6 Å². The van der Waals surface area contributed by atoms with Crippen molar-refractivity contribution in [2.45, 2.75) is 32.6 Å². The maximum Gasteiger partial charge on any atom is 0.251 e. The molecule has 0 amide bonds. The van der Waals surface area contributed by atoms with Crippen molar-refractivity contribution in [2.24, 2.45) is 0 Å². The normalized spacial score (nSPS) is 16.0. The minimum Gasteiger partial charge on any atom is -0.497 e. The van der Waals surface area contributed by atoms with Crippen LogP contribution in [0.1, 0.15) is 45.3 Å². The third-order valence-electron chi connectivity index (χ3n) is 5.12. The highest BCUT2D eigenvalue weighted by molar-refractivity contribution is 6.03. The Kier molecular flexibility index (Phi) is 4.58. The van der Waals surface area contributed by atoms with Crippen LogP contribution in [0, 0.1) is 13.8 Å². The number of ketones is 1. The largest absolute Gasteiger partial charge is 0.497 e. The van der Waals surface area contributed by atoms with E-state index in [9.17, 15) is 4.79 Å². The number of benzene rings is 1. The van der Waals surface area contributed by atoms with Crippen LogP contribution in [-0.4, -0.2) is 39.7 Å². The minimum atomic E-state index is 0.0805. The number of nitrogens with one attached hydrogen (secondary N) is 1. The zero-order chi connectivity index (χ0) is 19.8. The molecule has 0 aliphatic heterocycles. The van der Waals surface area contributed by atoms with Crippen LogP contribution in [0.3, 0.4) is 0 Å². The summed E-state index contributed by atoms with van der Waals surface area (Å²) in [6, 6.07) is 9.82. The number of rotatable bonds is 4. The van der Waals surface area contributed by atoms with E-state index in [-0.39, 0.29) is 11.7 Å². The first-order chi connectivity index (χ1) is 13.5. The Balaban J connectivity index is 1.79. The summed E-state index contributed by atoms with van der Waals surface area (Å²) < 4.78 is 6.96. The van der Waals surface area contributed by atoms with E-state index in [2.05, 4.69) is 20.4 Å². The van der Waals surface area contributed by atoms with Crippen LogP contribution < -0.4 is 10.1 Å². The van der Waals surface area contributed by atoms with Gasteiger partial charge >= 0.3 is 0 Å². The Morgan fingerprint density at radius 3 is 2.39 bits per heavy atom. The van der Waals surface area contributed by atoms with Crippen LogP contribution in [0.2, 0.25) is 0 Å². The number of methoxy groups -OCH3 is 1. The highest BCUT2D eigenvalue weighted by Gasteiger charge is 2.33. The van der Waals surface area contributed by atoms with Crippen molar-refractivity contribution in [3.05, 3.63) is 58.5 Å². The van der Waals surface area contributed by atoms with Gasteiger partial charge in [-0.05, 0) is 49.9 Å². The molecule has 1 atom stereocenters. The van der Waals surface area contributed by atoms with E-state index >= 15 is 0 Å². The molecule has 28 heavy (non-hydrogen) atoms. The van der Waals surface area contributed by atoms with Gasteiger partial charge < -0.3 is 10.1 Å². The topological polar surface area (TPSA) is 81.9 Å². The maximum absolute atomic E-state index is 13.0. The second-order valence-corrected chi connectivity index (χ2v) is 7.08. The van der Waals surface area contributed by atoms with Crippen molar-refractivity contribution >= 4 is 11.6 Å². The van der Waals surface area contributed by atoms with Gasteiger partial charge in [-0.15, -0.1) is 5.10 Å². The number of fused-ring (bicyclic) bond motifs is 1. The molecule has 0 saturated heterocycles. The van der Waals surface area contributed by atoms with Gasteiger partial charge in [0.2, 0.25) is 0 Å². The van der Waals surface area contributed by atoms with Crippen LogP contribution in [0.5, 0.6) is 5.75 Å². The molecule has 144 valence electrons. The molecule has 7 nitrogen and oxygen atoms in total. The Morgan fingerprint density at radius 2 is 1.79 bits per heavy atom. The van der Waals surface area contributed by atoms with Crippen LogP contribution >= 0.6 is 0 Å². The van der Waals surface area contributed by atoms with E-state index in [4.69, 9.17) is 4.74 Å². The molecule has 0 radical (unpaired) electrons. The molecule has 7 heteroatoms. The first-order valence-electron chi connectivity index (χ1n) is 9.29. The molecule has 0 saturated carbocycles. The first kappa shape index (κ1) is 18.2. The minimum absolute atomic E-state index is 0.0805. The highest BCUT2D eigenvalue weighted by Crippen LogP contribution is 2.37. The number of nitrogens with zero attached hydrogens (tertiary/aromatic N) is 4. The zero-order valence-corrected chi connectivity index (χ0v) is 16.5. The second kappa shape index (κ2) is 7.07.